The van der Waals surface area contributed by atoms with Crippen molar-refractivity contribution in [3.05, 3.63) is 26.3 Å². The summed E-state index contributed by atoms with van der Waals surface area (Å²) < 4.78 is 0.530. The number of rotatable bonds is 2. The van der Waals surface area contributed by atoms with E-state index in [0.717, 1.165) is 5.69 Å². The summed E-state index contributed by atoms with van der Waals surface area (Å²) in [7, 11) is 3.89. The summed E-state index contributed by atoms with van der Waals surface area (Å²) in [6.07, 6.45) is 0. The molecule has 16 heavy (non-hydrogen) atoms. The van der Waals surface area contributed by atoms with Gasteiger partial charge >= 0.3 is 0 Å². The van der Waals surface area contributed by atoms with E-state index in [1.165, 1.54) is 0 Å². The molecule has 0 aliphatic rings. The van der Waals surface area contributed by atoms with Gasteiger partial charge in [0, 0.05) is 5.41 Å². The number of aromatic amines is 1. The molecule has 0 saturated heterocycles. The molecule has 0 atom stereocenters. The molecule has 90 valence electrons. The Bertz CT molecular complexity index is 432. The van der Waals surface area contributed by atoms with E-state index in [4.69, 9.17) is 0 Å². The first-order valence-corrected chi connectivity index (χ1v) is 5.95. The molecule has 4 nitrogen and oxygen atoms in total. The van der Waals surface area contributed by atoms with E-state index in [0.29, 0.717) is 16.8 Å². The zero-order chi connectivity index (χ0) is 12.5. The van der Waals surface area contributed by atoms with Crippen LogP contribution in [-0.2, 0) is 12.0 Å². The van der Waals surface area contributed by atoms with Crippen LogP contribution in [0.4, 0.5) is 0 Å². The van der Waals surface area contributed by atoms with E-state index < -0.39 is 0 Å². The van der Waals surface area contributed by atoms with Crippen LogP contribution in [0.1, 0.15) is 32.3 Å². The van der Waals surface area contributed by atoms with Crippen LogP contribution >= 0.6 is 15.9 Å². The zero-order valence-corrected chi connectivity index (χ0v) is 12.0. The van der Waals surface area contributed by atoms with Crippen molar-refractivity contribution in [2.75, 3.05) is 14.1 Å². The minimum atomic E-state index is -0.145. The van der Waals surface area contributed by atoms with E-state index in [-0.39, 0.29) is 11.0 Å². The average molecular weight is 288 g/mol. The zero-order valence-electron chi connectivity index (χ0n) is 10.4. The Morgan fingerprint density at radius 2 is 1.94 bits per heavy atom. The van der Waals surface area contributed by atoms with Gasteiger partial charge in [-0.3, -0.25) is 4.79 Å². The largest absolute Gasteiger partial charge is 0.308 e. The maximum Gasteiger partial charge on any atom is 0.265 e. The van der Waals surface area contributed by atoms with Crippen molar-refractivity contribution in [2.24, 2.45) is 0 Å². The van der Waals surface area contributed by atoms with E-state index in [2.05, 4.69) is 25.9 Å². The normalized spacial score (nSPS) is 12.2. The predicted molar refractivity (Wildman–Crippen MR) is 68.6 cm³/mol. The summed E-state index contributed by atoms with van der Waals surface area (Å²) in [6, 6.07) is 0. The highest BCUT2D eigenvalue weighted by molar-refractivity contribution is 9.10. The van der Waals surface area contributed by atoms with Crippen molar-refractivity contribution in [3.63, 3.8) is 0 Å². The molecular formula is C11H18BrN3O. The number of nitrogens with zero attached hydrogens (tertiary/aromatic N) is 2. The number of hydrogen-bond acceptors (Lipinski definition) is 3. The third-order valence-corrected chi connectivity index (χ3v) is 2.82. The number of H-pyrrole nitrogens is 1. The molecule has 1 heterocycles. The van der Waals surface area contributed by atoms with Crippen molar-refractivity contribution < 1.29 is 0 Å². The molecule has 0 amide bonds. The summed E-state index contributed by atoms with van der Waals surface area (Å²) in [5, 5.41) is 0. The maximum absolute atomic E-state index is 11.7. The summed E-state index contributed by atoms with van der Waals surface area (Å²) in [6.45, 7) is 6.75. The molecule has 0 fully saturated rings. The highest BCUT2D eigenvalue weighted by Crippen LogP contribution is 2.25. The number of nitrogens with one attached hydrogen (secondary N) is 1. The van der Waals surface area contributed by atoms with Crippen molar-refractivity contribution in [1.29, 1.82) is 0 Å². The monoisotopic (exact) mass is 287 g/mol. The van der Waals surface area contributed by atoms with Gasteiger partial charge in [-0.15, -0.1) is 0 Å². The molecule has 1 rings (SSSR count). The van der Waals surface area contributed by atoms with Gasteiger partial charge in [0.05, 0.1) is 12.2 Å². The van der Waals surface area contributed by atoms with Crippen molar-refractivity contribution in [2.45, 2.75) is 32.7 Å². The highest BCUT2D eigenvalue weighted by atomic mass is 79.9. The Morgan fingerprint density at radius 1 is 1.38 bits per heavy atom. The summed E-state index contributed by atoms with van der Waals surface area (Å²) in [4.78, 5) is 21.0. The third kappa shape index (κ3) is 3.15. The lowest BCUT2D eigenvalue weighted by molar-refractivity contribution is 0.386. The molecule has 0 bridgehead atoms. The van der Waals surface area contributed by atoms with Crippen LogP contribution in [0.3, 0.4) is 0 Å². The van der Waals surface area contributed by atoms with E-state index in [1.54, 1.807) is 0 Å². The fourth-order valence-electron chi connectivity index (χ4n) is 1.38. The summed E-state index contributed by atoms with van der Waals surface area (Å²) in [5.74, 6) is 0.697. The minimum absolute atomic E-state index is 0.114. The number of hydrogen-bond donors (Lipinski definition) is 1. The molecule has 0 unspecified atom stereocenters. The van der Waals surface area contributed by atoms with Gasteiger partial charge in [0.25, 0.3) is 5.56 Å². The highest BCUT2D eigenvalue weighted by Gasteiger charge is 2.21. The first kappa shape index (κ1) is 13.4. The van der Waals surface area contributed by atoms with Crippen LogP contribution in [-0.4, -0.2) is 29.0 Å². The Labute approximate surface area is 104 Å². The molecule has 1 aromatic heterocycles. The van der Waals surface area contributed by atoms with Gasteiger partial charge < -0.3 is 9.88 Å². The lowest BCUT2D eigenvalue weighted by Crippen LogP contribution is -2.25. The standard InChI is InChI=1S/C11H18BrN3O/c1-11(2,3)9-8(12)10(16)14-7(13-9)6-15(4)5/h6H2,1-5H3,(H,13,14,16). The molecular weight excluding hydrogens is 270 g/mol. The molecule has 0 aliphatic carbocycles. The lowest BCUT2D eigenvalue weighted by Gasteiger charge is -2.20. The van der Waals surface area contributed by atoms with Crippen LogP contribution in [0.5, 0.6) is 0 Å². The third-order valence-electron chi connectivity index (χ3n) is 2.09. The van der Waals surface area contributed by atoms with Gasteiger partial charge in [-0.05, 0) is 30.0 Å². The van der Waals surface area contributed by atoms with E-state index in [9.17, 15) is 4.79 Å². The lowest BCUT2D eigenvalue weighted by atomic mass is 9.92. The van der Waals surface area contributed by atoms with Crippen molar-refractivity contribution >= 4 is 15.9 Å². The first-order valence-electron chi connectivity index (χ1n) is 5.15. The first-order chi connectivity index (χ1) is 7.21. The molecule has 5 heteroatoms. The topological polar surface area (TPSA) is 49.0 Å². The maximum atomic E-state index is 11.7. The second kappa shape index (κ2) is 4.67. The average Bonchev–Trinajstić information content (AvgIpc) is 2.08. The van der Waals surface area contributed by atoms with Gasteiger partial charge in [0.15, 0.2) is 0 Å². The van der Waals surface area contributed by atoms with Gasteiger partial charge in [0.1, 0.15) is 10.3 Å². The van der Waals surface area contributed by atoms with Crippen LogP contribution < -0.4 is 5.56 Å². The van der Waals surface area contributed by atoms with E-state index >= 15 is 0 Å². The Hall–Kier alpha value is -0.680. The fourth-order valence-corrected chi connectivity index (χ4v) is 2.16. The smallest absolute Gasteiger partial charge is 0.265 e. The van der Waals surface area contributed by atoms with Crippen LogP contribution in [0.25, 0.3) is 0 Å². The van der Waals surface area contributed by atoms with Crippen LogP contribution in [0.15, 0.2) is 9.27 Å². The molecule has 1 N–H and O–H groups in total. The van der Waals surface area contributed by atoms with Gasteiger partial charge in [-0.1, -0.05) is 20.8 Å². The Morgan fingerprint density at radius 3 is 2.38 bits per heavy atom. The number of halogens is 1. The molecule has 0 radical (unpaired) electrons. The molecule has 1 aromatic rings. The summed E-state index contributed by atoms with van der Waals surface area (Å²) >= 11 is 3.30. The van der Waals surface area contributed by atoms with Gasteiger partial charge in [-0.25, -0.2) is 4.98 Å². The number of aromatic nitrogens is 2. The van der Waals surface area contributed by atoms with Crippen molar-refractivity contribution in [3.8, 4) is 0 Å². The van der Waals surface area contributed by atoms with E-state index in [1.807, 2.05) is 39.8 Å². The quantitative estimate of drug-likeness (QED) is 0.904. The molecule has 0 aliphatic heterocycles. The Kier molecular flexibility index (Phi) is 3.91. The van der Waals surface area contributed by atoms with Crippen LogP contribution in [0, 0.1) is 0 Å². The molecule has 0 aromatic carbocycles. The molecule has 0 spiro atoms. The second-order valence-corrected chi connectivity index (χ2v) is 5.96. The second-order valence-electron chi connectivity index (χ2n) is 5.16. The Balaban J connectivity index is 3.28. The fraction of sp³-hybridized carbons (Fsp3) is 0.636. The minimum Gasteiger partial charge on any atom is -0.308 e. The van der Waals surface area contributed by atoms with Gasteiger partial charge in [-0.2, -0.15) is 0 Å². The molecule has 0 saturated carbocycles. The van der Waals surface area contributed by atoms with Crippen molar-refractivity contribution in [1.82, 2.24) is 14.9 Å². The van der Waals surface area contributed by atoms with Gasteiger partial charge in [0.2, 0.25) is 0 Å². The predicted octanol–water partition coefficient (Wildman–Crippen LogP) is 1.89. The summed E-state index contributed by atoms with van der Waals surface area (Å²) in [5.41, 5.74) is 0.540. The SMILES string of the molecule is CN(C)Cc1nc(C(C)(C)C)c(Br)c(=O)[nH]1. The van der Waals surface area contributed by atoms with Crippen LogP contribution in [0.2, 0.25) is 0 Å².